The third-order valence-corrected chi connectivity index (χ3v) is 7.17. The third-order valence-electron chi connectivity index (χ3n) is 7.17. The van der Waals surface area contributed by atoms with Gasteiger partial charge in [-0.2, -0.15) is 0 Å². The Hall–Kier alpha value is -1.81. The number of carbonyl (C=O) groups excluding carboxylic acids is 1. The van der Waals surface area contributed by atoms with Gasteiger partial charge in [-0.1, -0.05) is 13.0 Å². The molecule has 7 atom stereocenters. The lowest BCUT2D eigenvalue weighted by atomic mass is 9.53. The zero-order valence-corrected chi connectivity index (χ0v) is 12.1. The standard InChI is InChI=1S/C18H16O4/c1-7-6-9-12-8-2-3-10(19)15-14(8)18(9)16(22-15)11(20)4-5-17(18,21)13(7)12/h2-5,7,9,12-13,16,19,21H,6H2,1H3/t7?,9?,12?,13-,16?,17?,18?/m1/s1. The van der Waals surface area contributed by atoms with Crippen LogP contribution in [-0.4, -0.2) is 27.7 Å². The summed E-state index contributed by atoms with van der Waals surface area (Å²) < 4.78 is 5.93. The summed E-state index contributed by atoms with van der Waals surface area (Å²) in [7, 11) is 0. The average Bonchev–Trinajstić information content (AvgIpc) is 3.13. The van der Waals surface area contributed by atoms with E-state index < -0.39 is 17.1 Å². The van der Waals surface area contributed by atoms with E-state index in [2.05, 4.69) is 6.92 Å². The first kappa shape index (κ1) is 11.7. The molecule has 1 aromatic rings. The molecule has 112 valence electrons. The van der Waals surface area contributed by atoms with Crippen molar-refractivity contribution in [3.63, 3.8) is 0 Å². The Morgan fingerprint density at radius 1 is 1.36 bits per heavy atom. The van der Waals surface area contributed by atoms with Crippen LogP contribution in [0.3, 0.4) is 0 Å². The maximum absolute atomic E-state index is 12.5. The highest BCUT2D eigenvalue weighted by molar-refractivity contribution is 5.99. The van der Waals surface area contributed by atoms with Crippen molar-refractivity contribution in [3.8, 4) is 11.5 Å². The number of aliphatic hydroxyl groups is 1. The van der Waals surface area contributed by atoms with Gasteiger partial charge in [0.15, 0.2) is 23.4 Å². The quantitative estimate of drug-likeness (QED) is 0.764. The van der Waals surface area contributed by atoms with Crippen molar-refractivity contribution in [1.29, 1.82) is 0 Å². The van der Waals surface area contributed by atoms with Crippen molar-refractivity contribution in [1.82, 2.24) is 0 Å². The molecule has 2 fully saturated rings. The van der Waals surface area contributed by atoms with Gasteiger partial charge in [-0.05, 0) is 48.0 Å². The molecule has 4 nitrogen and oxygen atoms in total. The first-order valence-corrected chi connectivity index (χ1v) is 8.00. The first-order chi connectivity index (χ1) is 10.5. The normalized spacial score (nSPS) is 51.4. The van der Waals surface area contributed by atoms with Gasteiger partial charge in [0.25, 0.3) is 0 Å². The van der Waals surface area contributed by atoms with Crippen LogP contribution in [0.1, 0.15) is 30.4 Å². The number of carbonyl (C=O) groups is 1. The van der Waals surface area contributed by atoms with E-state index >= 15 is 0 Å². The predicted octanol–water partition coefficient (Wildman–Crippen LogP) is 1.64. The van der Waals surface area contributed by atoms with E-state index in [4.69, 9.17) is 4.74 Å². The second kappa shape index (κ2) is 2.98. The maximum Gasteiger partial charge on any atom is 0.196 e. The number of hydrogen-bond donors (Lipinski definition) is 2. The fourth-order valence-electron chi connectivity index (χ4n) is 6.83. The molecule has 1 aliphatic heterocycles. The van der Waals surface area contributed by atoms with Crippen molar-refractivity contribution in [3.05, 3.63) is 35.4 Å². The van der Waals surface area contributed by atoms with Gasteiger partial charge in [0.05, 0.1) is 5.41 Å². The molecule has 0 saturated heterocycles. The molecule has 2 N–H and O–H groups in total. The highest BCUT2D eigenvalue weighted by atomic mass is 16.5. The van der Waals surface area contributed by atoms with E-state index in [0.717, 1.165) is 12.0 Å². The molecule has 4 aliphatic carbocycles. The van der Waals surface area contributed by atoms with Crippen LogP contribution >= 0.6 is 0 Å². The Kier molecular flexibility index (Phi) is 1.59. The summed E-state index contributed by atoms with van der Waals surface area (Å²) in [5.41, 5.74) is 0.396. The lowest BCUT2D eigenvalue weighted by Crippen LogP contribution is -2.65. The van der Waals surface area contributed by atoms with Gasteiger partial charge < -0.3 is 14.9 Å². The molecule has 4 heteroatoms. The SMILES string of the molecule is CC1CC2C3c4ccc(O)c5c4C24C(O5)C(=O)C=CC4(O)[C@H]13. The maximum atomic E-state index is 12.5. The Morgan fingerprint density at radius 2 is 2.18 bits per heavy atom. The number of fused-ring (bicyclic) bond motifs is 1. The number of phenolic OH excluding ortho intramolecular Hbond substituents is 1. The number of phenols is 1. The van der Waals surface area contributed by atoms with Crippen molar-refractivity contribution >= 4 is 5.78 Å². The van der Waals surface area contributed by atoms with Gasteiger partial charge in [-0.15, -0.1) is 0 Å². The van der Waals surface area contributed by atoms with Gasteiger partial charge >= 0.3 is 0 Å². The molecule has 0 amide bonds. The molecule has 2 saturated carbocycles. The van der Waals surface area contributed by atoms with Crippen LogP contribution in [0.5, 0.6) is 11.5 Å². The van der Waals surface area contributed by atoms with Gasteiger partial charge in [0, 0.05) is 11.5 Å². The number of aromatic hydroxyl groups is 1. The summed E-state index contributed by atoms with van der Waals surface area (Å²) >= 11 is 0. The van der Waals surface area contributed by atoms with Crippen LogP contribution in [0.2, 0.25) is 0 Å². The van der Waals surface area contributed by atoms with Crippen molar-refractivity contribution in [2.24, 2.45) is 17.8 Å². The van der Waals surface area contributed by atoms with Crippen LogP contribution in [0, 0.1) is 17.8 Å². The number of ketones is 1. The average molecular weight is 296 g/mol. The number of benzene rings is 1. The van der Waals surface area contributed by atoms with E-state index in [1.807, 2.05) is 6.07 Å². The fourth-order valence-corrected chi connectivity index (χ4v) is 6.83. The molecule has 6 unspecified atom stereocenters. The first-order valence-electron chi connectivity index (χ1n) is 8.00. The smallest absolute Gasteiger partial charge is 0.196 e. The molecule has 6 rings (SSSR count). The van der Waals surface area contributed by atoms with Crippen LogP contribution in [0.25, 0.3) is 0 Å². The zero-order chi connectivity index (χ0) is 15.0. The van der Waals surface area contributed by atoms with Crippen LogP contribution in [0.15, 0.2) is 24.3 Å². The molecule has 0 aromatic heterocycles. The van der Waals surface area contributed by atoms with E-state index in [0.29, 0.717) is 11.7 Å². The molecule has 1 spiro atoms. The highest BCUT2D eigenvalue weighted by Crippen LogP contribution is 2.80. The van der Waals surface area contributed by atoms with E-state index in [9.17, 15) is 15.0 Å². The predicted molar refractivity (Wildman–Crippen MR) is 76.8 cm³/mol. The Balaban J connectivity index is 1.80. The molecule has 5 aliphatic rings. The number of hydrogen-bond acceptors (Lipinski definition) is 4. The Labute approximate surface area is 127 Å². The summed E-state index contributed by atoms with van der Waals surface area (Å²) in [6, 6.07) is 3.64. The second-order valence-corrected chi connectivity index (χ2v) is 7.68. The lowest BCUT2D eigenvalue weighted by Gasteiger charge is -2.52. The third kappa shape index (κ3) is 0.796. The summed E-state index contributed by atoms with van der Waals surface area (Å²) in [4.78, 5) is 12.5. The summed E-state index contributed by atoms with van der Waals surface area (Å²) in [5, 5.41) is 21.8. The van der Waals surface area contributed by atoms with E-state index in [1.54, 1.807) is 12.1 Å². The largest absolute Gasteiger partial charge is 0.504 e. The number of rotatable bonds is 0. The minimum atomic E-state index is -1.02. The topological polar surface area (TPSA) is 66.8 Å². The molecule has 0 radical (unpaired) electrons. The molecule has 4 bridgehead atoms. The van der Waals surface area contributed by atoms with Gasteiger partial charge in [-0.25, -0.2) is 0 Å². The molecular formula is C18H16O4. The number of ether oxygens (including phenoxy) is 1. The minimum absolute atomic E-state index is 0.0779. The molecule has 1 heterocycles. The summed E-state index contributed by atoms with van der Waals surface area (Å²) in [5.74, 6) is 1.48. The van der Waals surface area contributed by atoms with Crippen molar-refractivity contribution in [2.75, 3.05) is 0 Å². The molecular weight excluding hydrogens is 280 g/mol. The summed E-state index contributed by atoms with van der Waals surface area (Å²) in [6.07, 6.45) is 3.54. The molecule has 22 heavy (non-hydrogen) atoms. The minimum Gasteiger partial charge on any atom is -0.504 e. The van der Waals surface area contributed by atoms with Crippen LogP contribution in [-0.2, 0) is 10.2 Å². The van der Waals surface area contributed by atoms with Crippen molar-refractivity contribution in [2.45, 2.75) is 36.4 Å². The monoisotopic (exact) mass is 296 g/mol. The summed E-state index contributed by atoms with van der Waals surface area (Å²) in [6.45, 7) is 2.20. The van der Waals surface area contributed by atoms with Gasteiger partial charge in [0.1, 0.15) is 5.60 Å². The van der Waals surface area contributed by atoms with Gasteiger partial charge in [-0.3, -0.25) is 4.79 Å². The fraction of sp³-hybridized carbons (Fsp3) is 0.500. The van der Waals surface area contributed by atoms with Crippen LogP contribution in [0.4, 0.5) is 0 Å². The highest BCUT2D eigenvalue weighted by Gasteiger charge is 2.84. The second-order valence-electron chi connectivity index (χ2n) is 7.68. The van der Waals surface area contributed by atoms with E-state index in [-0.39, 0.29) is 29.3 Å². The van der Waals surface area contributed by atoms with E-state index in [1.165, 1.54) is 11.6 Å². The Morgan fingerprint density at radius 3 is 3.00 bits per heavy atom. The zero-order valence-electron chi connectivity index (χ0n) is 12.1. The van der Waals surface area contributed by atoms with Crippen LogP contribution < -0.4 is 4.74 Å². The lowest BCUT2D eigenvalue weighted by molar-refractivity contribution is -0.139. The molecule has 1 aromatic carbocycles. The Bertz CT molecular complexity index is 812. The van der Waals surface area contributed by atoms with Gasteiger partial charge in [0.2, 0.25) is 0 Å². The van der Waals surface area contributed by atoms with Crippen molar-refractivity contribution < 1.29 is 19.7 Å².